The number of fused-ring (bicyclic) bond motifs is 1. The Hall–Kier alpha value is -2.04. The number of piperidine rings is 1. The van der Waals surface area contributed by atoms with Crippen molar-refractivity contribution in [3.63, 3.8) is 0 Å². The summed E-state index contributed by atoms with van der Waals surface area (Å²) in [4.78, 5) is 21.6. The van der Waals surface area contributed by atoms with Gasteiger partial charge in [0.05, 0.1) is 24.1 Å². The summed E-state index contributed by atoms with van der Waals surface area (Å²) in [6.45, 7) is 1.60. The fourth-order valence-corrected chi connectivity index (χ4v) is 2.62. The van der Waals surface area contributed by atoms with E-state index in [0.717, 1.165) is 36.4 Å². The number of hydrogen-bond donors (Lipinski definition) is 1. The normalized spacial score (nSPS) is 19.6. The molecule has 0 radical (unpaired) electrons. The molecule has 0 bridgehead atoms. The molecule has 2 heterocycles. The molecule has 1 atom stereocenters. The maximum absolute atomic E-state index is 11.6. The molecule has 2 aromatic rings. The summed E-state index contributed by atoms with van der Waals surface area (Å²) < 4.78 is 4.84. The van der Waals surface area contributed by atoms with Gasteiger partial charge in [-0.1, -0.05) is 12.1 Å². The molecule has 0 aliphatic carbocycles. The van der Waals surface area contributed by atoms with Gasteiger partial charge in [-0.25, -0.2) is 4.98 Å². The topological polar surface area (TPSA) is 58.2 Å². The maximum Gasteiger partial charge on any atom is 0.310 e. The van der Waals surface area contributed by atoms with Crippen LogP contribution >= 0.6 is 0 Å². The minimum atomic E-state index is -0.124. The number of aromatic amines is 1. The summed E-state index contributed by atoms with van der Waals surface area (Å²) in [7, 11) is 1.45. The molecule has 1 N–H and O–H groups in total. The van der Waals surface area contributed by atoms with Crippen molar-refractivity contribution in [1.29, 1.82) is 0 Å². The molecule has 3 rings (SSSR count). The third-order valence-corrected chi connectivity index (χ3v) is 3.63. The van der Waals surface area contributed by atoms with Gasteiger partial charge in [-0.05, 0) is 25.0 Å². The SMILES string of the molecule is COC(=O)[C@H]1CCCN(c2nc3ccccc3[nH]2)C1. The Bertz CT molecular complexity index is 560. The number of carbonyl (C=O) groups excluding carboxylic acids is 1. The first kappa shape index (κ1) is 12.0. The van der Waals surface area contributed by atoms with Gasteiger partial charge in [0.2, 0.25) is 5.95 Å². The van der Waals surface area contributed by atoms with E-state index in [1.807, 2.05) is 24.3 Å². The van der Waals surface area contributed by atoms with Gasteiger partial charge < -0.3 is 14.6 Å². The van der Waals surface area contributed by atoms with E-state index in [4.69, 9.17) is 4.74 Å². The largest absolute Gasteiger partial charge is 0.469 e. The number of methoxy groups -OCH3 is 1. The van der Waals surface area contributed by atoms with Gasteiger partial charge in [0.25, 0.3) is 0 Å². The average molecular weight is 259 g/mol. The Morgan fingerprint density at radius 2 is 2.32 bits per heavy atom. The first-order valence-corrected chi connectivity index (χ1v) is 6.55. The van der Waals surface area contributed by atoms with E-state index >= 15 is 0 Å². The molecule has 5 nitrogen and oxygen atoms in total. The number of para-hydroxylation sites is 2. The standard InChI is InChI=1S/C14H17N3O2/c1-19-13(18)10-5-4-8-17(9-10)14-15-11-6-2-3-7-12(11)16-14/h2-3,6-7,10H,4-5,8-9H2,1H3,(H,15,16)/t10-/m0/s1. The van der Waals surface area contributed by atoms with E-state index < -0.39 is 0 Å². The van der Waals surface area contributed by atoms with E-state index in [1.54, 1.807) is 0 Å². The molecular weight excluding hydrogens is 242 g/mol. The smallest absolute Gasteiger partial charge is 0.310 e. The Morgan fingerprint density at radius 3 is 3.11 bits per heavy atom. The molecular formula is C14H17N3O2. The maximum atomic E-state index is 11.6. The molecule has 100 valence electrons. The van der Waals surface area contributed by atoms with E-state index in [0.29, 0.717) is 6.54 Å². The number of H-pyrrole nitrogens is 1. The number of ether oxygens (including phenoxy) is 1. The highest BCUT2D eigenvalue weighted by Gasteiger charge is 2.27. The van der Waals surface area contributed by atoms with Gasteiger partial charge in [0.1, 0.15) is 0 Å². The third-order valence-electron chi connectivity index (χ3n) is 3.63. The number of hydrogen-bond acceptors (Lipinski definition) is 4. The second-order valence-electron chi connectivity index (χ2n) is 4.89. The number of benzene rings is 1. The van der Waals surface area contributed by atoms with Gasteiger partial charge in [-0.15, -0.1) is 0 Å². The number of imidazole rings is 1. The molecule has 5 heteroatoms. The van der Waals surface area contributed by atoms with Crippen molar-refractivity contribution in [3.05, 3.63) is 24.3 Å². The molecule has 0 amide bonds. The Morgan fingerprint density at radius 1 is 1.47 bits per heavy atom. The van der Waals surface area contributed by atoms with Gasteiger partial charge in [0, 0.05) is 13.1 Å². The van der Waals surface area contributed by atoms with Crippen LogP contribution in [0.15, 0.2) is 24.3 Å². The second-order valence-corrected chi connectivity index (χ2v) is 4.89. The van der Waals surface area contributed by atoms with Crippen molar-refractivity contribution >= 4 is 23.0 Å². The molecule has 19 heavy (non-hydrogen) atoms. The minimum Gasteiger partial charge on any atom is -0.469 e. The van der Waals surface area contributed by atoms with Crippen LogP contribution in [0.2, 0.25) is 0 Å². The van der Waals surface area contributed by atoms with Crippen molar-refractivity contribution in [2.45, 2.75) is 12.8 Å². The van der Waals surface area contributed by atoms with Crippen LogP contribution in [0, 0.1) is 5.92 Å². The Labute approximate surface area is 111 Å². The average Bonchev–Trinajstić information content (AvgIpc) is 2.90. The number of esters is 1. The molecule has 1 fully saturated rings. The number of nitrogens with one attached hydrogen (secondary N) is 1. The van der Waals surface area contributed by atoms with E-state index in [1.165, 1.54) is 7.11 Å². The summed E-state index contributed by atoms with van der Waals surface area (Å²) >= 11 is 0. The molecule has 1 aliphatic heterocycles. The lowest BCUT2D eigenvalue weighted by Gasteiger charge is -2.30. The molecule has 1 saturated heterocycles. The molecule has 0 spiro atoms. The zero-order valence-corrected chi connectivity index (χ0v) is 10.9. The number of rotatable bonds is 2. The van der Waals surface area contributed by atoms with Crippen molar-refractivity contribution in [3.8, 4) is 0 Å². The van der Waals surface area contributed by atoms with E-state index in [-0.39, 0.29) is 11.9 Å². The van der Waals surface area contributed by atoms with Crippen LogP contribution < -0.4 is 4.90 Å². The van der Waals surface area contributed by atoms with Crippen LogP contribution in [0.4, 0.5) is 5.95 Å². The van der Waals surface area contributed by atoms with E-state index in [2.05, 4.69) is 14.9 Å². The number of nitrogens with zero attached hydrogens (tertiary/aromatic N) is 2. The number of carbonyl (C=O) groups is 1. The number of anilines is 1. The van der Waals surface area contributed by atoms with Gasteiger partial charge in [-0.2, -0.15) is 0 Å². The third kappa shape index (κ3) is 2.28. The van der Waals surface area contributed by atoms with Gasteiger partial charge >= 0.3 is 5.97 Å². The summed E-state index contributed by atoms with van der Waals surface area (Å²) in [5, 5.41) is 0. The van der Waals surface area contributed by atoms with Crippen LogP contribution in [0.1, 0.15) is 12.8 Å². The van der Waals surface area contributed by atoms with Crippen LogP contribution in [-0.2, 0) is 9.53 Å². The van der Waals surface area contributed by atoms with Crippen molar-refractivity contribution < 1.29 is 9.53 Å². The minimum absolute atomic E-state index is 0.0491. The number of aromatic nitrogens is 2. The predicted octanol–water partition coefficient (Wildman–Crippen LogP) is 1.95. The summed E-state index contributed by atoms with van der Waals surface area (Å²) in [6, 6.07) is 7.95. The Kier molecular flexibility index (Phi) is 3.11. The fourth-order valence-electron chi connectivity index (χ4n) is 2.62. The summed E-state index contributed by atoms with van der Waals surface area (Å²) in [6.07, 6.45) is 1.88. The monoisotopic (exact) mass is 259 g/mol. The zero-order valence-electron chi connectivity index (χ0n) is 10.9. The van der Waals surface area contributed by atoms with Crippen LogP contribution in [0.25, 0.3) is 11.0 Å². The quantitative estimate of drug-likeness (QED) is 0.837. The van der Waals surface area contributed by atoms with Gasteiger partial charge in [0.15, 0.2) is 0 Å². The van der Waals surface area contributed by atoms with Crippen LogP contribution in [-0.4, -0.2) is 36.1 Å². The molecule has 1 aromatic heterocycles. The molecule has 0 saturated carbocycles. The lowest BCUT2D eigenvalue weighted by molar-refractivity contribution is -0.145. The van der Waals surface area contributed by atoms with Crippen molar-refractivity contribution in [1.82, 2.24) is 9.97 Å². The first-order chi connectivity index (χ1) is 9.28. The van der Waals surface area contributed by atoms with Crippen LogP contribution in [0.3, 0.4) is 0 Å². The highest BCUT2D eigenvalue weighted by molar-refractivity contribution is 5.78. The highest BCUT2D eigenvalue weighted by Crippen LogP contribution is 2.23. The zero-order chi connectivity index (χ0) is 13.2. The fraction of sp³-hybridized carbons (Fsp3) is 0.429. The van der Waals surface area contributed by atoms with Crippen LogP contribution in [0.5, 0.6) is 0 Å². The van der Waals surface area contributed by atoms with E-state index in [9.17, 15) is 4.79 Å². The second kappa shape index (κ2) is 4.91. The van der Waals surface area contributed by atoms with Crippen molar-refractivity contribution in [2.24, 2.45) is 5.92 Å². The Balaban J connectivity index is 1.83. The molecule has 1 aromatic carbocycles. The van der Waals surface area contributed by atoms with Gasteiger partial charge in [-0.3, -0.25) is 4.79 Å². The lowest BCUT2D eigenvalue weighted by atomic mass is 9.98. The summed E-state index contributed by atoms with van der Waals surface area (Å²) in [5.41, 5.74) is 1.98. The predicted molar refractivity (Wildman–Crippen MR) is 73.0 cm³/mol. The lowest BCUT2D eigenvalue weighted by Crippen LogP contribution is -2.39. The van der Waals surface area contributed by atoms with Crippen molar-refractivity contribution in [2.75, 3.05) is 25.1 Å². The molecule has 0 unspecified atom stereocenters. The summed E-state index contributed by atoms with van der Waals surface area (Å²) in [5.74, 6) is 0.669. The first-order valence-electron chi connectivity index (χ1n) is 6.55. The highest BCUT2D eigenvalue weighted by atomic mass is 16.5. The molecule has 1 aliphatic rings.